The van der Waals surface area contributed by atoms with E-state index in [9.17, 15) is 0 Å². The SMILES string of the molecule is CNc1nc(Cl)nc(NC(C)Cn2cccn2)n1. The lowest BCUT2D eigenvalue weighted by atomic mass is 10.3. The number of nitrogens with one attached hydrogen (secondary N) is 2. The van der Waals surface area contributed by atoms with Crippen LogP contribution >= 0.6 is 11.6 Å². The van der Waals surface area contributed by atoms with Crippen LogP contribution in [0.25, 0.3) is 0 Å². The Balaban J connectivity index is 2.02. The topological polar surface area (TPSA) is 80.5 Å². The van der Waals surface area contributed by atoms with Crippen molar-refractivity contribution in [1.82, 2.24) is 24.7 Å². The van der Waals surface area contributed by atoms with Gasteiger partial charge in [0.1, 0.15) is 0 Å². The summed E-state index contributed by atoms with van der Waals surface area (Å²) in [6, 6.07) is 2.00. The van der Waals surface area contributed by atoms with Crippen molar-refractivity contribution in [2.45, 2.75) is 19.5 Å². The molecule has 2 aromatic rings. The van der Waals surface area contributed by atoms with Crippen molar-refractivity contribution in [2.75, 3.05) is 17.7 Å². The van der Waals surface area contributed by atoms with Crippen LogP contribution in [0.5, 0.6) is 0 Å². The van der Waals surface area contributed by atoms with Crippen LogP contribution in [-0.4, -0.2) is 37.8 Å². The molecule has 0 aromatic carbocycles. The lowest BCUT2D eigenvalue weighted by Crippen LogP contribution is -2.23. The zero-order chi connectivity index (χ0) is 13.0. The monoisotopic (exact) mass is 267 g/mol. The van der Waals surface area contributed by atoms with E-state index in [-0.39, 0.29) is 11.3 Å². The summed E-state index contributed by atoms with van der Waals surface area (Å²) in [6.07, 6.45) is 3.64. The van der Waals surface area contributed by atoms with Crippen molar-refractivity contribution in [3.05, 3.63) is 23.7 Å². The fourth-order valence-electron chi connectivity index (χ4n) is 1.48. The van der Waals surface area contributed by atoms with Gasteiger partial charge in [-0.1, -0.05) is 0 Å². The second-order valence-corrected chi connectivity index (χ2v) is 4.11. The van der Waals surface area contributed by atoms with E-state index >= 15 is 0 Å². The number of hydrogen-bond donors (Lipinski definition) is 2. The number of nitrogens with zero attached hydrogens (tertiary/aromatic N) is 5. The van der Waals surface area contributed by atoms with Gasteiger partial charge in [0.25, 0.3) is 0 Å². The highest BCUT2D eigenvalue weighted by molar-refractivity contribution is 6.28. The van der Waals surface area contributed by atoms with Crippen LogP contribution < -0.4 is 10.6 Å². The minimum absolute atomic E-state index is 0.119. The van der Waals surface area contributed by atoms with Gasteiger partial charge in [0.05, 0.1) is 6.54 Å². The third-order valence-corrected chi connectivity index (χ3v) is 2.40. The quantitative estimate of drug-likeness (QED) is 0.849. The smallest absolute Gasteiger partial charge is 0.229 e. The van der Waals surface area contributed by atoms with E-state index < -0.39 is 0 Å². The van der Waals surface area contributed by atoms with Crippen molar-refractivity contribution in [2.24, 2.45) is 0 Å². The van der Waals surface area contributed by atoms with E-state index in [4.69, 9.17) is 11.6 Å². The van der Waals surface area contributed by atoms with Gasteiger partial charge in [-0.05, 0) is 24.6 Å². The van der Waals surface area contributed by atoms with Gasteiger partial charge < -0.3 is 10.6 Å². The van der Waals surface area contributed by atoms with Crippen LogP contribution in [0.15, 0.2) is 18.5 Å². The first-order chi connectivity index (χ1) is 8.67. The van der Waals surface area contributed by atoms with E-state index in [1.807, 2.05) is 23.9 Å². The molecule has 0 aliphatic heterocycles. The van der Waals surface area contributed by atoms with Gasteiger partial charge in [-0.15, -0.1) is 0 Å². The second kappa shape index (κ2) is 5.63. The van der Waals surface area contributed by atoms with Gasteiger partial charge in [0.2, 0.25) is 17.2 Å². The van der Waals surface area contributed by atoms with E-state index in [1.165, 1.54) is 0 Å². The van der Waals surface area contributed by atoms with Crippen molar-refractivity contribution in [3.8, 4) is 0 Å². The van der Waals surface area contributed by atoms with Crippen molar-refractivity contribution < 1.29 is 0 Å². The molecular weight excluding hydrogens is 254 g/mol. The molecule has 0 fully saturated rings. The van der Waals surface area contributed by atoms with Crippen molar-refractivity contribution >= 4 is 23.5 Å². The molecule has 2 heterocycles. The molecule has 0 spiro atoms. The Bertz CT molecular complexity index is 499. The molecule has 0 aliphatic carbocycles. The fraction of sp³-hybridized carbons (Fsp3) is 0.400. The van der Waals surface area contributed by atoms with Crippen molar-refractivity contribution in [1.29, 1.82) is 0 Å². The van der Waals surface area contributed by atoms with Crippen LogP contribution in [0.4, 0.5) is 11.9 Å². The van der Waals surface area contributed by atoms with Gasteiger partial charge in [-0.2, -0.15) is 20.1 Å². The van der Waals surface area contributed by atoms with Crippen LogP contribution in [-0.2, 0) is 6.54 Å². The molecule has 8 heteroatoms. The lowest BCUT2D eigenvalue weighted by molar-refractivity contribution is 0.558. The first-order valence-electron chi connectivity index (χ1n) is 5.50. The van der Waals surface area contributed by atoms with Crippen LogP contribution in [0.2, 0.25) is 5.28 Å². The Hall–Kier alpha value is -1.89. The van der Waals surface area contributed by atoms with E-state index in [1.54, 1.807) is 13.2 Å². The molecule has 2 rings (SSSR count). The highest BCUT2D eigenvalue weighted by Gasteiger charge is 2.08. The number of hydrogen-bond acceptors (Lipinski definition) is 6. The Kier molecular flexibility index (Phi) is 3.93. The van der Waals surface area contributed by atoms with Crippen LogP contribution in [0, 0.1) is 0 Å². The maximum Gasteiger partial charge on any atom is 0.229 e. The predicted molar refractivity (Wildman–Crippen MR) is 69.7 cm³/mol. The largest absolute Gasteiger partial charge is 0.357 e. The molecule has 18 heavy (non-hydrogen) atoms. The molecule has 0 aliphatic rings. The molecule has 96 valence electrons. The zero-order valence-electron chi connectivity index (χ0n) is 10.1. The number of anilines is 2. The molecule has 7 nitrogen and oxygen atoms in total. The molecule has 1 atom stereocenters. The number of halogens is 1. The molecular formula is C10H14ClN7. The molecule has 0 saturated heterocycles. The summed E-state index contributed by atoms with van der Waals surface area (Å²) in [5.74, 6) is 0.878. The molecule has 2 N–H and O–H groups in total. The summed E-state index contributed by atoms with van der Waals surface area (Å²) in [5, 5.41) is 10.3. The number of rotatable bonds is 5. The first kappa shape index (κ1) is 12.6. The third-order valence-electron chi connectivity index (χ3n) is 2.23. The van der Waals surface area contributed by atoms with E-state index in [0.29, 0.717) is 18.4 Å². The summed E-state index contributed by atoms with van der Waals surface area (Å²) in [6.45, 7) is 2.73. The summed E-state index contributed by atoms with van der Waals surface area (Å²) < 4.78 is 1.83. The molecule has 2 aromatic heterocycles. The highest BCUT2D eigenvalue weighted by Crippen LogP contribution is 2.10. The van der Waals surface area contributed by atoms with Crippen LogP contribution in [0.3, 0.4) is 0 Å². The maximum atomic E-state index is 5.80. The summed E-state index contributed by atoms with van der Waals surface area (Å²) in [7, 11) is 1.72. The van der Waals surface area contributed by atoms with Crippen LogP contribution in [0.1, 0.15) is 6.92 Å². The Morgan fingerprint density at radius 3 is 2.78 bits per heavy atom. The summed E-state index contributed by atoms with van der Waals surface area (Å²) in [5.41, 5.74) is 0. The summed E-state index contributed by atoms with van der Waals surface area (Å²) in [4.78, 5) is 12.1. The highest BCUT2D eigenvalue weighted by atomic mass is 35.5. The molecule has 0 bridgehead atoms. The Labute approximate surface area is 110 Å². The zero-order valence-corrected chi connectivity index (χ0v) is 10.9. The van der Waals surface area contributed by atoms with E-state index in [2.05, 4.69) is 30.7 Å². The third kappa shape index (κ3) is 3.30. The Morgan fingerprint density at radius 2 is 2.11 bits per heavy atom. The minimum atomic E-state index is 0.119. The van der Waals surface area contributed by atoms with Crippen molar-refractivity contribution in [3.63, 3.8) is 0 Å². The average Bonchev–Trinajstić information content (AvgIpc) is 2.80. The molecule has 0 radical (unpaired) electrons. The lowest BCUT2D eigenvalue weighted by Gasteiger charge is -2.14. The Morgan fingerprint density at radius 1 is 1.33 bits per heavy atom. The van der Waals surface area contributed by atoms with Gasteiger partial charge in [0, 0.05) is 25.5 Å². The average molecular weight is 268 g/mol. The number of aromatic nitrogens is 5. The normalized spacial score (nSPS) is 12.2. The molecule has 1 unspecified atom stereocenters. The van der Waals surface area contributed by atoms with E-state index in [0.717, 1.165) is 0 Å². The first-order valence-corrected chi connectivity index (χ1v) is 5.88. The summed E-state index contributed by atoms with van der Waals surface area (Å²) >= 11 is 5.80. The van der Waals surface area contributed by atoms with Gasteiger partial charge in [-0.25, -0.2) is 0 Å². The molecule has 0 saturated carbocycles. The second-order valence-electron chi connectivity index (χ2n) is 3.78. The molecule has 0 amide bonds. The standard InChI is InChI=1S/C10H14ClN7/c1-7(6-18-5-3-4-13-18)14-10-16-8(11)15-9(12-2)17-10/h3-5,7H,6H2,1-2H3,(H2,12,14,15,16,17). The van der Waals surface area contributed by atoms with Gasteiger partial charge in [0.15, 0.2) is 0 Å². The van der Waals surface area contributed by atoms with Gasteiger partial charge in [-0.3, -0.25) is 4.68 Å². The van der Waals surface area contributed by atoms with Gasteiger partial charge >= 0.3 is 0 Å². The maximum absolute atomic E-state index is 5.80. The minimum Gasteiger partial charge on any atom is -0.357 e. The fourth-order valence-corrected chi connectivity index (χ4v) is 1.64. The predicted octanol–water partition coefficient (Wildman–Crippen LogP) is 1.26.